The quantitative estimate of drug-likeness (QED) is 0.338. The van der Waals surface area contributed by atoms with Gasteiger partial charge in [-0.15, -0.1) is 0 Å². The number of aliphatic carboxylic acids is 1. The number of carboxylic acids is 1. The normalized spacial score (nSPS) is 19.7. The number of carboxylic acid groups (broad SMARTS) is 1. The third-order valence-corrected chi connectivity index (χ3v) is 4.88. The van der Waals surface area contributed by atoms with Crippen LogP contribution in [0, 0.1) is 0 Å². The molecule has 180 valence electrons. The maximum atomic E-state index is 11.8. The summed E-state index contributed by atoms with van der Waals surface area (Å²) in [7, 11) is 0. The first-order chi connectivity index (χ1) is 15.8. The Bertz CT molecular complexity index is 842. The molecule has 2 heterocycles. The lowest BCUT2D eigenvalue weighted by molar-refractivity contribution is -0.153. The lowest BCUT2D eigenvalue weighted by Gasteiger charge is -2.10. The van der Waals surface area contributed by atoms with Gasteiger partial charge in [-0.3, -0.25) is 0 Å². The molecule has 2 amide bonds. The van der Waals surface area contributed by atoms with Crippen LogP contribution in [0.2, 0.25) is 0 Å². The molecule has 2 aliphatic heterocycles. The van der Waals surface area contributed by atoms with E-state index >= 15 is 0 Å². The van der Waals surface area contributed by atoms with E-state index in [9.17, 15) is 19.2 Å². The molecule has 10 nitrogen and oxygen atoms in total. The molecule has 2 aliphatic rings. The summed E-state index contributed by atoms with van der Waals surface area (Å²) in [5, 5.41) is 8.57. The van der Waals surface area contributed by atoms with Crippen molar-refractivity contribution >= 4 is 24.1 Å². The fourth-order valence-electron chi connectivity index (χ4n) is 3.00. The zero-order chi connectivity index (χ0) is 24.2. The predicted molar refractivity (Wildman–Crippen MR) is 117 cm³/mol. The fourth-order valence-corrected chi connectivity index (χ4v) is 3.00. The van der Waals surface area contributed by atoms with E-state index in [2.05, 4.69) is 4.74 Å². The highest BCUT2D eigenvalue weighted by molar-refractivity contribution is 5.82. The minimum absolute atomic E-state index is 0.175. The van der Waals surface area contributed by atoms with Crippen molar-refractivity contribution in [3.8, 4) is 0 Å². The zero-order valence-electron chi connectivity index (χ0n) is 18.8. The summed E-state index contributed by atoms with van der Waals surface area (Å²) >= 11 is 0. The minimum atomic E-state index is -1.08. The minimum Gasteiger partial charge on any atom is -0.478 e. The van der Waals surface area contributed by atoms with E-state index < -0.39 is 36.3 Å². The highest BCUT2D eigenvalue weighted by atomic mass is 16.6. The molecule has 0 aliphatic carbocycles. The van der Waals surface area contributed by atoms with Crippen LogP contribution in [0.3, 0.4) is 0 Å². The highest BCUT2D eigenvalue weighted by Gasteiger charge is 2.37. The van der Waals surface area contributed by atoms with Gasteiger partial charge in [0.15, 0.2) is 0 Å². The van der Waals surface area contributed by atoms with Crippen molar-refractivity contribution in [1.29, 1.82) is 0 Å². The molecule has 3 rings (SSSR count). The number of ether oxygens (including phenoxy) is 3. The van der Waals surface area contributed by atoms with Crippen LogP contribution in [0.25, 0.3) is 0 Å². The molecule has 33 heavy (non-hydrogen) atoms. The van der Waals surface area contributed by atoms with E-state index in [1.165, 1.54) is 9.80 Å². The summed E-state index contributed by atoms with van der Waals surface area (Å²) in [6.07, 6.45) is 2.71. The first-order valence-electron chi connectivity index (χ1n) is 10.8. The number of nitrogens with zero attached hydrogens (tertiary/aromatic N) is 2. The van der Waals surface area contributed by atoms with Crippen molar-refractivity contribution in [3.63, 3.8) is 0 Å². The van der Waals surface area contributed by atoms with Crippen LogP contribution in [0.4, 0.5) is 9.59 Å². The first-order valence-corrected chi connectivity index (χ1v) is 10.8. The molecule has 1 aromatic carbocycles. The van der Waals surface area contributed by atoms with Gasteiger partial charge in [-0.1, -0.05) is 55.8 Å². The number of amides is 2. The van der Waals surface area contributed by atoms with Crippen molar-refractivity contribution in [1.82, 2.24) is 9.80 Å². The van der Waals surface area contributed by atoms with Crippen molar-refractivity contribution in [2.75, 3.05) is 26.2 Å². The number of hydrogen-bond donors (Lipinski definition) is 1. The lowest BCUT2D eigenvalue weighted by atomic mass is 10.2. The molecule has 1 aromatic rings. The molecule has 0 aromatic heterocycles. The Kier molecular flexibility index (Phi) is 10.2. The van der Waals surface area contributed by atoms with Gasteiger partial charge in [0.1, 0.15) is 6.61 Å². The van der Waals surface area contributed by atoms with Crippen LogP contribution in [0.1, 0.15) is 32.3 Å². The van der Waals surface area contributed by atoms with Crippen molar-refractivity contribution in [2.45, 2.75) is 45.5 Å². The largest absolute Gasteiger partial charge is 0.478 e. The van der Waals surface area contributed by atoms with Crippen molar-refractivity contribution in [3.05, 3.63) is 48.0 Å². The average molecular weight is 462 g/mol. The Hall–Kier alpha value is -3.56. The van der Waals surface area contributed by atoms with Gasteiger partial charge < -0.3 is 29.1 Å². The van der Waals surface area contributed by atoms with E-state index in [0.29, 0.717) is 13.1 Å². The van der Waals surface area contributed by atoms with Gasteiger partial charge in [0.2, 0.25) is 12.2 Å². The molecule has 1 N–H and O–H groups in total. The fraction of sp³-hybridized carbons (Fsp3) is 0.478. The van der Waals surface area contributed by atoms with Gasteiger partial charge in [-0.2, -0.15) is 0 Å². The summed E-state index contributed by atoms with van der Waals surface area (Å²) in [6, 6.07) is 9.37. The summed E-state index contributed by atoms with van der Waals surface area (Å²) in [5.41, 5.74) is 0.899. The second-order valence-corrected chi connectivity index (χ2v) is 7.45. The van der Waals surface area contributed by atoms with Crippen LogP contribution in [0.5, 0.6) is 0 Å². The summed E-state index contributed by atoms with van der Waals surface area (Å²) in [4.78, 5) is 47.8. The molecule has 0 unspecified atom stereocenters. The summed E-state index contributed by atoms with van der Waals surface area (Å²) in [6.45, 7) is 5.49. The molecule has 2 atom stereocenters. The van der Waals surface area contributed by atoms with Crippen molar-refractivity contribution < 1.29 is 38.5 Å². The number of rotatable bonds is 9. The number of carbonyl (C=O) groups is 4. The van der Waals surface area contributed by atoms with Crippen LogP contribution < -0.4 is 0 Å². The molecule has 2 fully saturated rings. The van der Waals surface area contributed by atoms with E-state index in [1.54, 1.807) is 0 Å². The van der Waals surface area contributed by atoms with Crippen molar-refractivity contribution in [2.24, 2.45) is 0 Å². The van der Waals surface area contributed by atoms with Gasteiger partial charge in [-0.25, -0.2) is 19.2 Å². The Balaban J connectivity index is 0.000000257. The summed E-state index contributed by atoms with van der Waals surface area (Å²) in [5.74, 6) is -1.59. The number of allylic oxidation sites excluding steroid dienone is 1. The predicted octanol–water partition coefficient (Wildman–Crippen LogP) is 2.82. The van der Waals surface area contributed by atoms with E-state index in [1.807, 2.05) is 56.3 Å². The maximum absolute atomic E-state index is 11.8. The second kappa shape index (κ2) is 13.1. The Labute approximate surface area is 192 Å². The van der Waals surface area contributed by atoms with Gasteiger partial charge >= 0.3 is 24.1 Å². The first kappa shape index (κ1) is 25.7. The second-order valence-electron chi connectivity index (χ2n) is 7.45. The SMILES string of the molecule is C/C=C/CN1C[C@@H](C(=O)OCc2ccccc2)OC1=O.CCCCN1C[C@@H](C(=O)O)OC1=O. The van der Waals surface area contributed by atoms with Gasteiger partial charge in [0.05, 0.1) is 13.1 Å². The number of unbranched alkanes of at least 4 members (excludes halogenated alkanes) is 1. The molecular weight excluding hydrogens is 432 g/mol. The molecule has 0 spiro atoms. The standard InChI is InChI=1S/C15H17NO4.C8H13NO4/c1-2-3-9-16-10-13(20-15(16)18)14(17)19-11-12-7-5-4-6-8-12;1-2-3-4-9-5-6(7(10)11)13-8(9)12/h2-8,13H,9-11H2,1H3;6H,2-5H2,1H3,(H,10,11)/b3-2+;/t13-;6-/m00/s1. The third-order valence-electron chi connectivity index (χ3n) is 4.88. The van der Waals surface area contributed by atoms with Gasteiger partial charge in [0, 0.05) is 13.1 Å². The van der Waals surface area contributed by atoms with Gasteiger partial charge in [0.25, 0.3) is 0 Å². The maximum Gasteiger partial charge on any atom is 0.411 e. The molecular formula is C23H30N2O8. The zero-order valence-corrected chi connectivity index (χ0v) is 18.8. The van der Waals surface area contributed by atoms with Crippen LogP contribution in [0.15, 0.2) is 42.5 Å². The molecule has 0 bridgehead atoms. The number of benzene rings is 1. The Morgan fingerprint density at radius 2 is 1.73 bits per heavy atom. The molecule has 0 saturated carbocycles. The average Bonchev–Trinajstić information content (AvgIpc) is 3.38. The number of carbonyl (C=O) groups excluding carboxylic acids is 3. The smallest absolute Gasteiger partial charge is 0.411 e. The Morgan fingerprint density at radius 3 is 2.33 bits per heavy atom. The van der Waals surface area contributed by atoms with Crippen LogP contribution in [-0.4, -0.2) is 77.4 Å². The number of cyclic esters (lactones) is 2. The Morgan fingerprint density at radius 1 is 1.09 bits per heavy atom. The highest BCUT2D eigenvalue weighted by Crippen LogP contribution is 2.14. The number of esters is 1. The van der Waals surface area contributed by atoms with Crippen LogP contribution in [-0.2, 0) is 30.4 Å². The summed E-state index contributed by atoms with van der Waals surface area (Å²) < 4.78 is 14.8. The number of hydrogen-bond acceptors (Lipinski definition) is 7. The van der Waals surface area contributed by atoms with E-state index in [0.717, 1.165) is 18.4 Å². The van der Waals surface area contributed by atoms with Gasteiger partial charge in [-0.05, 0) is 18.9 Å². The van der Waals surface area contributed by atoms with Crippen LogP contribution >= 0.6 is 0 Å². The lowest BCUT2D eigenvalue weighted by Crippen LogP contribution is -2.29. The third kappa shape index (κ3) is 8.13. The molecule has 2 saturated heterocycles. The monoisotopic (exact) mass is 462 g/mol. The topological polar surface area (TPSA) is 123 Å². The molecule has 0 radical (unpaired) electrons. The molecule has 10 heteroatoms. The van der Waals surface area contributed by atoms with E-state index in [-0.39, 0.29) is 19.7 Å². The van der Waals surface area contributed by atoms with E-state index in [4.69, 9.17) is 14.6 Å².